The van der Waals surface area contributed by atoms with Gasteiger partial charge in [0, 0.05) is 24.0 Å². The summed E-state index contributed by atoms with van der Waals surface area (Å²) in [7, 11) is -4.18. The first kappa shape index (κ1) is 34.2. The number of hydrogen-bond donors (Lipinski definition) is 1. The SMILES string of the molecule is Cc1ccc(S(=O)(=O)N(CC(=O)N(Cc2ccccc2Cl)[C@@H](Cc2ccccc2)C(=O)NC2CCCC2)c2cc(C)cc(C)c2)cc1. The van der Waals surface area contributed by atoms with Gasteiger partial charge in [-0.15, -0.1) is 0 Å². The number of aryl methyl sites for hydroxylation is 3. The monoisotopic (exact) mass is 671 g/mol. The number of nitrogens with zero attached hydrogens (tertiary/aromatic N) is 2. The van der Waals surface area contributed by atoms with Crippen LogP contribution in [0.15, 0.2) is 102 Å². The third-order valence-corrected chi connectivity index (χ3v) is 10.8. The summed E-state index contributed by atoms with van der Waals surface area (Å²) in [6.45, 7) is 5.19. The van der Waals surface area contributed by atoms with Gasteiger partial charge in [-0.1, -0.05) is 96.7 Å². The maximum absolute atomic E-state index is 14.7. The number of anilines is 1. The highest BCUT2D eigenvalue weighted by molar-refractivity contribution is 7.92. The molecule has 0 heterocycles. The summed E-state index contributed by atoms with van der Waals surface area (Å²) in [6, 6.07) is 28.0. The van der Waals surface area contributed by atoms with Crippen molar-refractivity contribution in [2.24, 2.45) is 0 Å². The molecular weight excluding hydrogens is 630 g/mol. The van der Waals surface area contributed by atoms with Gasteiger partial charge in [-0.3, -0.25) is 13.9 Å². The molecule has 1 atom stereocenters. The lowest BCUT2D eigenvalue weighted by Crippen LogP contribution is -2.54. The van der Waals surface area contributed by atoms with Gasteiger partial charge >= 0.3 is 0 Å². The third kappa shape index (κ3) is 8.62. The van der Waals surface area contributed by atoms with Crippen molar-refractivity contribution in [3.63, 3.8) is 0 Å². The highest BCUT2D eigenvalue weighted by Gasteiger charge is 2.36. The van der Waals surface area contributed by atoms with Crippen LogP contribution in [0.3, 0.4) is 0 Å². The predicted octanol–water partition coefficient (Wildman–Crippen LogP) is 7.16. The fourth-order valence-corrected chi connectivity index (χ4v) is 7.79. The topological polar surface area (TPSA) is 86.8 Å². The van der Waals surface area contributed by atoms with Gasteiger partial charge in [0.05, 0.1) is 10.6 Å². The molecule has 0 unspecified atom stereocenters. The number of hydrogen-bond acceptors (Lipinski definition) is 4. The number of carbonyl (C=O) groups is 2. The molecule has 1 aliphatic rings. The van der Waals surface area contributed by atoms with Gasteiger partial charge in [0.25, 0.3) is 10.0 Å². The summed E-state index contributed by atoms with van der Waals surface area (Å²) in [6.07, 6.45) is 4.11. The van der Waals surface area contributed by atoms with E-state index in [1.807, 2.05) is 75.4 Å². The Kier molecular flexibility index (Phi) is 11.0. The summed E-state index contributed by atoms with van der Waals surface area (Å²) < 4.78 is 29.8. The molecule has 7 nitrogen and oxygen atoms in total. The molecule has 0 spiro atoms. The van der Waals surface area contributed by atoms with Crippen LogP contribution in [0, 0.1) is 20.8 Å². The maximum Gasteiger partial charge on any atom is 0.264 e. The second-order valence-electron chi connectivity index (χ2n) is 12.5. The molecule has 4 aromatic rings. The first-order valence-corrected chi connectivity index (χ1v) is 17.9. The first-order valence-electron chi connectivity index (χ1n) is 16.1. The largest absolute Gasteiger partial charge is 0.352 e. The molecule has 9 heteroatoms. The number of rotatable bonds is 12. The number of sulfonamides is 1. The average molecular weight is 672 g/mol. The molecule has 0 radical (unpaired) electrons. The molecule has 0 saturated heterocycles. The molecule has 0 aliphatic heterocycles. The van der Waals surface area contributed by atoms with Crippen molar-refractivity contribution in [1.82, 2.24) is 10.2 Å². The predicted molar refractivity (Wildman–Crippen MR) is 188 cm³/mol. The van der Waals surface area contributed by atoms with Gasteiger partial charge in [0.15, 0.2) is 0 Å². The van der Waals surface area contributed by atoms with Gasteiger partial charge in [-0.05, 0) is 86.2 Å². The van der Waals surface area contributed by atoms with Gasteiger partial charge in [0.2, 0.25) is 11.8 Å². The lowest BCUT2D eigenvalue weighted by Gasteiger charge is -2.34. The van der Waals surface area contributed by atoms with Gasteiger partial charge in [-0.25, -0.2) is 8.42 Å². The second-order valence-corrected chi connectivity index (χ2v) is 14.7. The second kappa shape index (κ2) is 15.2. The molecular formula is C38H42ClN3O4S. The lowest BCUT2D eigenvalue weighted by atomic mass is 10.0. The molecule has 1 saturated carbocycles. The maximum atomic E-state index is 14.7. The summed E-state index contributed by atoms with van der Waals surface area (Å²) in [5.41, 5.74) is 4.57. The zero-order valence-electron chi connectivity index (χ0n) is 27.2. The highest BCUT2D eigenvalue weighted by Crippen LogP contribution is 2.28. The van der Waals surface area contributed by atoms with Crippen molar-refractivity contribution >= 4 is 39.1 Å². The van der Waals surface area contributed by atoms with Crippen molar-refractivity contribution in [3.8, 4) is 0 Å². The van der Waals surface area contributed by atoms with E-state index < -0.39 is 28.5 Å². The Morgan fingerprint density at radius 1 is 0.830 bits per heavy atom. The number of amides is 2. The Labute approximate surface area is 283 Å². The summed E-state index contributed by atoms with van der Waals surface area (Å²) in [4.78, 5) is 30.4. The van der Waals surface area contributed by atoms with E-state index in [0.29, 0.717) is 16.3 Å². The summed E-state index contributed by atoms with van der Waals surface area (Å²) >= 11 is 6.61. The van der Waals surface area contributed by atoms with Crippen molar-refractivity contribution in [2.75, 3.05) is 10.8 Å². The number of benzene rings is 4. The van der Waals surface area contributed by atoms with Crippen molar-refractivity contribution in [2.45, 2.75) is 76.4 Å². The van der Waals surface area contributed by atoms with Crippen LogP contribution in [0.2, 0.25) is 5.02 Å². The van der Waals surface area contributed by atoms with E-state index in [-0.39, 0.29) is 29.8 Å². The van der Waals surface area contributed by atoms with Gasteiger partial charge in [0.1, 0.15) is 12.6 Å². The van der Waals surface area contributed by atoms with Crippen LogP contribution >= 0.6 is 11.6 Å². The Morgan fingerprint density at radius 2 is 1.45 bits per heavy atom. The molecule has 2 amide bonds. The van der Waals surface area contributed by atoms with Crippen molar-refractivity contribution in [1.29, 1.82) is 0 Å². The number of halogens is 1. The number of carbonyl (C=O) groups excluding carboxylic acids is 2. The molecule has 1 N–H and O–H groups in total. The van der Waals surface area contributed by atoms with Crippen LogP contribution in [-0.2, 0) is 32.6 Å². The fraction of sp³-hybridized carbons (Fsp3) is 0.316. The van der Waals surface area contributed by atoms with Gasteiger partial charge in [-0.2, -0.15) is 0 Å². The van der Waals surface area contributed by atoms with Crippen LogP contribution in [-0.4, -0.2) is 43.8 Å². The van der Waals surface area contributed by atoms with Crippen molar-refractivity contribution < 1.29 is 18.0 Å². The van der Waals surface area contributed by atoms with E-state index in [1.165, 1.54) is 4.90 Å². The van der Waals surface area contributed by atoms with Crippen LogP contribution in [0.25, 0.3) is 0 Å². The minimum atomic E-state index is -4.18. The molecule has 0 aromatic heterocycles. The van der Waals surface area contributed by atoms with Crippen LogP contribution in [0.5, 0.6) is 0 Å². The van der Waals surface area contributed by atoms with E-state index in [1.54, 1.807) is 42.5 Å². The van der Waals surface area contributed by atoms with Gasteiger partial charge < -0.3 is 10.2 Å². The zero-order valence-corrected chi connectivity index (χ0v) is 28.7. The Balaban J connectivity index is 1.59. The third-order valence-electron chi connectivity index (χ3n) is 8.65. The minimum absolute atomic E-state index is 0.0271. The molecule has 0 bridgehead atoms. The molecule has 246 valence electrons. The number of nitrogens with one attached hydrogen (secondary N) is 1. The van der Waals surface area contributed by atoms with E-state index in [0.717, 1.165) is 52.2 Å². The average Bonchev–Trinajstić information content (AvgIpc) is 3.55. The Morgan fingerprint density at radius 3 is 2.09 bits per heavy atom. The van der Waals surface area contributed by atoms with Crippen LogP contribution in [0.1, 0.15) is 53.5 Å². The lowest BCUT2D eigenvalue weighted by molar-refractivity contribution is -0.140. The molecule has 47 heavy (non-hydrogen) atoms. The fourth-order valence-electron chi connectivity index (χ4n) is 6.19. The molecule has 4 aromatic carbocycles. The molecule has 5 rings (SSSR count). The molecule has 1 fully saturated rings. The minimum Gasteiger partial charge on any atom is -0.352 e. The normalized spacial score (nSPS) is 14.0. The van der Waals surface area contributed by atoms with E-state index in [4.69, 9.17) is 11.6 Å². The summed E-state index contributed by atoms with van der Waals surface area (Å²) in [5, 5.41) is 3.66. The van der Waals surface area contributed by atoms with E-state index >= 15 is 0 Å². The highest BCUT2D eigenvalue weighted by atomic mass is 35.5. The quantitative estimate of drug-likeness (QED) is 0.173. The summed E-state index contributed by atoms with van der Waals surface area (Å²) in [5.74, 6) is -0.775. The Hall–Kier alpha value is -4.14. The Bertz CT molecular complexity index is 1790. The standard InChI is InChI=1S/C38H42ClN3O4S/c1-27-17-19-34(20-18-27)47(45,46)42(33-22-28(2)21-29(3)23-33)26-37(43)41(25-31-13-7-10-16-35(31)39)36(24-30-11-5-4-6-12-30)38(44)40-32-14-8-9-15-32/h4-7,10-13,16-23,32,36H,8-9,14-15,24-26H2,1-3H3,(H,40,44)/t36-/m0/s1. The van der Waals surface area contributed by atoms with E-state index in [2.05, 4.69) is 5.32 Å². The van der Waals surface area contributed by atoms with Crippen molar-refractivity contribution in [3.05, 3.63) is 130 Å². The van der Waals surface area contributed by atoms with Crippen LogP contribution < -0.4 is 9.62 Å². The zero-order chi connectivity index (χ0) is 33.6. The van der Waals surface area contributed by atoms with E-state index in [9.17, 15) is 18.0 Å². The smallest absolute Gasteiger partial charge is 0.264 e. The first-order chi connectivity index (χ1) is 22.5. The van der Waals surface area contributed by atoms with Crippen LogP contribution in [0.4, 0.5) is 5.69 Å². The molecule has 1 aliphatic carbocycles.